The molecule has 0 atom stereocenters. The van der Waals surface area contributed by atoms with E-state index in [0.29, 0.717) is 0 Å². The van der Waals surface area contributed by atoms with Gasteiger partial charge in [-0.25, -0.2) is 0 Å². The van der Waals surface area contributed by atoms with Gasteiger partial charge in [-0.05, 0) is 6.42 Å². The average Bonchev–Trinajstić information content (AvgIpc) is 1.81. The zero-order valence-electron chi connectivity index (χ0n) is 5.63. The maximum absolute atomic E-state index is 11.6. The molecule has 0 aromatic carbocycles. The Morgan fingerprint density at radius 3 is 2.10 bits per heavy atom. The molecule has 0 aromatic heterocycles. The van der Waals surface area contributed by atoms with Crippen LogP contribution in [0.15, 0.2) is 0 Å². The summed E-state index contributed by atoms with van der Waals surface area (Å²) in [4.78, 5) is 0. The van der Waals surface area contributed by atoms with Gasteiger partial charge in [0.2, 0.25) is 0 Å². The molecule has 0 N–H and O–H groups in total. The molecule has 0 saturated heterocycles. The van der Waals surface area contributed by atoms with Gasteiger partial charge in [-0.3, -0.25) is 4.39 Å². The van der Waals surface area contributed by atoms with Gasteiger partial charge in [-0.1, -0.05) is 6.92 Å². The molecule has 0 rings (SSSR count). The molecule has 61 valence electrons. The number of halogens is 4. The van der Waals surface area contributed by atoms with Crippen LogP contribution in [0.25, 0.3) is 0 Å². The molecule has 0 aliphatic carbocycles. The lowest BCUT2D eigenvalue weighted by Gasteiger charge is -2.07. The van der Waals surface area contributed by atoms with Crippen LogP contribution in [0.1, 0.15) is 19.8 Å². The van der Waals surface area contributed by atoms with Crippen LogP contribution < -0.4 is 0 Å². The molecule has 0 aliphatic rings. The minimum absolute atomic E-state index is 0.194. The van der Waals surface area contributed by atoms with Crippen molar-refractivity contribution in [1.82, 2.24) is 0 Å². The highest BCUT2D eigenvalue weighted by molar-refractivity contribution is 4.83. The summed E-state index contributed by atoms with van der Waals surface area (Å²) in [6.07, 6.45) is -5.26. The minimum Gasteiger partial charge on any atom is -0.250 e. The van der Waals surface area contributed by atoms with E-state index in [0.717, 1.165) is 0 Å². The van der Waals surface area contributed by atoms with E-state index < -0.39 is 19.3 Å². The maximum atomic E-state index is 11.6. The van der Waals surface area contributed by atoms with Crippen LogP contribution in [-0.2, 0) is 0 Å². The van der Waals surface area contributed by atoms with Crippen LogP contribution in [0.2, 0.25) is 0 Å². The maximum Gasteiger partial charge on any atom is 0.389 e. The Morgan fingerprint density at radius 2 is 1.80 bits per heavy atom. The monoisotopic (exact) mass is 157 g/mol. The molecule has 4 heteroatoms. The molecule has 10 heavy (non-hydrogen) atoms. The second-order valence-corrected chi connectivity index (χ2v) is 2.21. The highest BCUT2D eigenvalue weighted by atomic mass is 19.4. The van der Waals surface area contributed by atoms with Gasteiger partial charge in [-0.15, -0.1) is 0 Å². The molecule has 0 heterocycles. The number of hydrogen-bond donors (Lipinski definition) is 0. The molecule has 0 spiro atoms. The van der Waals surface area contributed by atoms with Crippen LogP contribution in [-0.4, -0.2) is 12.9 Å². The highest BCUT2D eigenvalue weighted by Crippen LogP contribution is 2.24. The van der Waals surface area contributed by atoms with E-state index in [2.05, 4.69) is 0 Å². The summed E-state index contributed by atoms with van der Waals surface area (Å²) in [5, 5.41) is 0. The largest absolute Gasteiger partial charge is 0.389 e. The standard InChI is InChI=1S/C6H9F4/c1-5(4-7)2-3-6(8,9)10/h2-4H2,1H3. The van der Waals surface area contributed by atoms with Crippen LogP contribution in [0.3, 0.4) is 0 Å². The first kappa shape index (κ1) is 9.72. The quantitative estimate of drug-likeness (QED) is 0.552. The van der Waals surface area contributed by atoms with Crippen molar-refractivity contribution in [2.75, 3.05) is 6.67 Å². The average molecular weight is 157 g/mol. The molecule has 0 unspecified atom stereocenters. The lowest BCUT2D eigenvalue weighted by molar-refractivity contribution is -0.134. The van der Waals surface area contributed by atoms with Gasteiger partial charge in [0, 0.05) is 12.3 Å². The first-order chi connectivity index (χ1) is 4.45. The van der Waals surface area contributed by atoms with E-state index in [4.69, 9.17) is 0 Å². The third kappa shape index (κ3) is 5.85. The summed E-state index contributed by atoms with van der Waals surface area (Å²) < 4.78 is 45.8. The Hall–Kier alpha value is -0.280. The molecule has 1 radical (unpaired) electrons. The second-order valence-electron chi connectivity index (χ2n) is 2.21. The first-order valence-corrected chi connectivity index (χ1v) is 2.89. The van der Waals surface area contributed by atoms with E-state index in [1.807, 2.05) is 0 Å². The van der Waals surface area contributed by atoms with E-state index in [9.17, 15) is 17.6 Å². The van der Waals surface area contributed by atoms with E-state index in [1.54, 1.807) is 0 Å². The van der Waals surface area contributed by atoms with Crippen molar-refractivity contribution in [1.29, 1.82) is 0 Å². The highest BCUT2D eigenvalue weighted by Gasteiger charge is 2.27. The fraction of sp³-hybridized carbons (Fsp3) is 0.833. The summed E-state index contributed by atoms with van der Waals surface area (Å²) >= 11 is 0. The molecule has 0 fully saturated rings. The smallest absolute Gasteiger partial charge is 0.250 e. The Balaban J connectivity index is 3.36. The van der Waals surface area contributed by atoms with Crippen molar-refractivity contribution in [2.45, 2.75) is 25.9 Å². The van der Waals surface area contributed by atoms with Gasteiger partial charge in [0.1, 0.15) is 0 Å². The summed E-state index contributed by atoms with van der Waals surface area (Å²) in [5.41, 5.74) is 0. The number of hydrogen-bond acceptors (Lipinski definition) is 0. The Labute approximate surface area is 57.2 Å². The number of alkyl halides is 4. The van der Waals surface area contributed by atoms with Gasteiger partial charge in [-0.2, -0.15) is 13.2 Å². The molecule has 0 aliphatic heterocycles. The Bertz CT molecular complexity index is 86.2. The lowest BCUT2D eigenvalue weighted by Crippen LogP contribution is -2.09. The van der Waals surface area contributed by atoms with Crippen molar-refractivity contribution in [3.8, 4) is 0 Å². The van der Waals surface area contributed by atoms with Crippen LogP contribution >= 0.6 is 0 Å². The van der Waals surface area contributed by atoms with Crippen molar-refractivity contribution in [3.63, 3.8) is 0 Å². The Kier molecular flexibility index (Phi) is 3.68. The van der Waals surface area contributed by atoms with Crippen LogP contribution in [0.4, 0.5) is 17.6 Å². The van der Waals surface area contributed by atoms with Crippen LogP contribution in [0, 0.1) is 5.92 Å². The molecule has 0 aromatic rings. The molecule has 0 amide bonds. The molecule has 0 saturated carbocycles. The minimum atomic E-state index is -4.16. The van der Waals surface area contributed by atoms with Crippen molar-refractivity contribution in [3.05, 3.63) is 5.92 Å². The molecular weight excluding hydrogens is 148 g/mol. The summed E-state index contributed by atoms with van der Waals surface area (Å²) in [5.74, 6) is 0.248. The predicted octanol–water partition coefficient (Wildman–Crippen LogP) is 2.89. The van der Waals surface area contributed by atoms with Gasteiger partial charge in [0.25, 0.3) is 0 Å². The summed E-state index contributed by atoms with van der Waals surface area (Å²) in [6.45, 7) is 0.627. The molecule has 0 nitrogen and oxygen atoms in total. The van der Waals surface area contributed by atoms with E-state index >= 15 is 0 Å². The van der Waals surface area contributed by atoms with E-state index in [-0.39, 0.29) is 12.3 Å². The van der Waals surface area contributed by atoms with Crippen molar-refractivity contribution < 1.29 is 17.6 Å². The zero-order chi connectivity index (χ0) is 8.20. The summed E-state index contributed by atoms with van der Waals surface area (Å²) in [6, 6.07) is 0. The van der Waals surface area contributed by atoms with Crippen LogP contribution in [0.5, 0.6) is 0 Å². The molecule has 0 bridgehead atoms. The third-order valence-corrected chi connectivity index (χ3v) is 1.06. The predicted molar refractivity (Wildman–Crippen MR) is 30.2 cm³/mol. The second kappa shape index (κ2) is 3.78. The fourth-order valence-corrected chi connectivity index (χ4v) is 0.422. The van der Waals surface area contributed by atoms with Gasteiger partial charge < -0.3 is 0 Å². The SMILES string of the molecule is C[C](CF)CCC(F)(F)F. The zero-order valence-corrected chi connectivity index (χ0v) is 5.63. The van der Waals surface area contributed by atoms with Gasteiger partial charge in [0.05, 0.1) is 6.67 Å². The van der Waals surface area contributed by atoms with E-state index in [1.165, 1.54) is 6.92 Å². The lowest BCUT2D eigenvalue weighted by atomic mass is 10.1. The summed E-state index contributed by atoms with van der Waals surface area (Å²) in [7, 11) is 0. The number of rotatable bonds is 3. The third-order valence-electron chi connectivity index (χ3n) is 1.06. The van der Waals surface area contributed by atoms with Gasteiger partial charge in [0.15, 0.2) is 0 Å². The topological polar surface area (TPSA) is 0 Å². The normalized spacial score (nSPS) is 12.6. The Morgan fingerprint density at radius 1 is 1.30 bits per heavy atom. The molecular formula is C6H9F4. The van der Waals surface area contributed by atoms with Gasteiger partial charge >= 0.3 is 6.18 Å². The fourth-order valence-electron chi connectivity index (χ4n) is 0.422. The van der Waals surface area contributed by atoms with Crippen molar-refractivity contribution >= 4 is 0 Å². The first-order valence-electron chi connectivity index (χ1n) is 2.89. The van der Waals surface area contributed by atoms with Crippen molar-refractivity contribution in [2.24, 2.45) is 0 Å².